The Labute approximate surface area is 166 Å². The third-order valence-corrected chi connectivity index (χ3v) is 6.12. The van der Waals surface area contributed by atoms with Gasteiger partial charge in [-0.2, -0.15) is 0 Å². The van der Waals surface area contributed by atoms with Crippen molar-refractivity contribution in [1.29, 1.82) is 0 Å². The Bertz CT molecular complexity index is 1170. The molecule has 0 unspecified atom stereocenters. The molecule has 1 aliphatic rings. The predicted octanol–water partition coefficient (Wildman–Crippen LogP) is 4.19. The number of likely N-dealkylation sites (N-methyl/N-ethyl adjacent to an activating group) is 1. The van der Waals surface area contributed by atoms with Crippen LogP contribution in [0.25, 0.3) is 21.1 Å². The van der Waals surface area contributed by atoms with Crippen molar-refractivity contribution in [3.8, 4) is 0 Å². The maximum absolute atomic E-state index is 13.1. The summed E-state index contributed by atoms with van der Waals surface area (Å²) in [6.07, 6.45) is 0.842. The molecule has 5 rings (SSSR count). The van der Waals surface area contributed by atoms with Gasteiger partial charge in [0.05, 0.1) is 21.3 Å². The number of hydrogen-bond donors (Lipinski definition) is 0. The molecule has 0 saturated heterocycles. The van der Waals surface area contributed by atoms with Crippen LogP contribution in [0.1, 0.15) is 26.6 Å². The summed E-state index contributed by atoms with van der Waals surface area (Å²) in [5.74, 6) is -0.301. The van der Waals surface area contributed by atoms with Crippen molar-refractivity contribution in [2.75, 3.05) is 13.6 Å². The van der Waals surface area contributed by atoms with E-state index in [1.54, 1.807) is 11.3 Å². The maximum Gasteiger partial charge on any atom is 0.339 e. The summed E-state index contributed by atoms with van der Waals surface area (Å²) in [4.78, 5) is 24.7. The van der Waals surface area contributed by atoms with Gasteiger partial charge in [-0.25, -0.2) is 9.78 Å². The highest BCUT2D eigenvalue weighted by Gasteiger charge is 2.25. The molecule has 5 nitrogen and oxygen atoms in total. The van der Waals surface area contributed by atoms with Crippen molar-refractivity contribution in [3.05, 3.63) is 70.4 Å². The molecule has 0 aliphatic carbocycles. The number of fused-ring (bicyclic) bond motifs is 3. The van der Waals surface area contributed by atoms with E-state index in [4.69, 9.17) is 9.72 Å². The van der Waals surface area contributed by atoms with Crippen LogP contribution in [0.2, 0.25) is 0 Å². The Morgan fingerprint density at radius 1 is 1.11 bits per heavy atom. The highest BCUT2D eigenvalue weighted by Crippen LogP contribution is 2.29. The molecule has 2 aromatic heterocycles. The summed E-state index contributed by atoms with van der Waals surface area (Å²) in [5.41, 5.74) is 4.42. The van der Waals surface area contributed by atoms with E-state index >= 15 is 0 Å². The van der Waals surface area contributed by atoms with Crippen LogP contribution in [0.3, 0.4) is 0 Å². The number of nitrogens with zero attached hydrogens (tertiary/aromatic N) is 3. The molecule has 28 heavy (non-hydrogen) atoms. The number of benzene rings is 2. The van der Waals surface area contributed by atoms with Gasteiger partial charge in [-0.15, -0.1) is 11.3 Å². The topological polar surface area (TPSA) is 55.3 Å². The van der Waals surface area contributed by atoms with Gasteiger partial charge in [-0.05, 0) is 25.2 Å². The summed E-state index contributed by atoms with van der Waals surface area (Å²) >= 11 is 1.56. The van der Waals surface area contributed by atoms with Gasteiger partial charge < -0.3 is 9.64 Å². The van der Waals surface area contributed by atoms with Gasteiger partial charge in [-0.1, -0.05) is 30.3 Å². The van der Waals surface area contributed by atoms with Crippen LogP contribution in [0.15, 0.2) is 48.5 Å². The lowest BCUT2D eigenvalue weighted by molar-refractivity contribution is 0.0472. The highest BCUT2D eigenvalue weighted by atomic mass is 32.1. The van der Waals surface area contributed by atoms with Gasteiger partial charge in [0.15, 0.2) is 0 Å². The maximum atomic E-state index is 13.1. The molecule has 0 radical (unpaired) electrons. The smallest absolute Gasteiger partial charge is 0.339 e. The second-order valence-corrected chi connectivity index (χ2v) is 8.18. The standard InChI is InChI=1S/C22H19N3O2S/c1-25-11-10-17-15(12-25)21(14-6-2-3-7-16(14)23-17)22(26)27-13-20-24-18-8-4-5-9-19(18)28-20/h2-9H,10-13H2,1H3. The molecule has 4 aromatic rings. The van der Waals surface area contributed by atoms with Crippen molar-refractivity contribution in [1.82, 2.24) is 14.9 Å². The number of aromatic nitrogens is 2. The van der Waals surface area contributed by atoms with Crippen LogP contribution >= 0.6 is 11.3 Å². The van der Waals surface area contributed by atoms with Gasteiger partial charge in [0.1, 0.15) is 11.6 Å². The van der Waals surface area contributed by atoms with Crippen LogP contribution in [-0.2, 0) is 24.3 Å². The molecule has 0 saturated carbocycles. The van der Waals surface area contributed by atoms with Crippen molar-refractivity contribution in [2.45, 2.75) is 19.6 Å². The molecule has 0 fully saturated rings. The van der Waals surface area contributed by atoms with E-state index in [0.29, 0.717) is 12.1 Å². The van der Waals surface area contributed by atoms with Crippen molar-refractivity contribution in [2.24, 2.45) is 0 Å². The number of pyridine rings is 1. The largest absolute Gasteiger partial charge is 0.455 e. The molecular weight excluding hydrogens is 370 g/mol. The van der Waals surface area contributed by atoms with Crippen LogP contribution < -0.4 is 0 Å². The minimum absolute atomic E-state index is 0.180. The number of esters is 1. The minimum atomic E-state index is -0.301. The van der Waals surface area contributed by atoms with Crippen LogP contribution in [0.4, 0.5) is 0 Å². The number of carbonyl (C=O) groups excluding carboxylic acids is 1. The van der Waals surface area contributed by atoms with Gasteiger partial charge in [0.25, 0.3) is 0 Å². The van der Waals surface area contributed by atoms with Crippen molar-refractivity contribution in [3.63, 3.8) is 0 Å². The molecule has 1 aliphatic heterocycles. The molecule has 2 aromatic carbocycles. The zero-order valence-corrected chi connectivity index (χ0v) is 16.3. The van der Waals surface area contributed by atoms with E-state index in [0.717, 1.165) is 50.4 Å². The second kappa shape index (κ2) is 6.96. The quantitative estimate of drug-likeness (QED) is 0.492. The van der Waals surface area contributed by atoms with Gasteiger partial charge in [0.2, 0.25) is 0 Å². The summed E-state index contributed by atoms with van der Waals surface area (Å²) in [6.45, 7) is 1.83. The molecule has 0 bridgehead atoms. The molecule has 0 spiro atoms. The number of thiazole rings is 1. The first kappa shape index (κ1) is 17.3. The first-order chi connectivity index (χ1) is 13.7. The molecule has 6 heteroatoms. The van der Waals surface area contributed by atoms with Crippen LogP contribution in [0, 0.1) is 0 Å². The predicted molar refractivity (Wildman–Crippen MR) is 111 cm³/mol. The first-order valence-electron chi connectivity index (χ1n) is 9.29. The van der Waals surface area contributed by atoms with Gasteiger partial charge >= 0.3 is 5.97 Å². The monoisotopic (exact) mass is 389 g/mol. The number of ether oxygens (including phenoxy) is 1. The van der Waals surface area contributed by atoms with Gasteiger partial charge in [0, 0.05) is 36.2 Å². The zero-order chi connectivity index (χ0) is 19.1. The lowest BCUT2D eigenvalue weighted by Crippen LogP contribution is -2.29. The summed E-state index contributed by atoms with van der Waals surface area (Å²) in [5, 5.41) is 1.66. The van der Waals surface area contributed by atoms with Gasteiger partial charge in [-0.3, -0.25) is 4.98 Å². The van der Waals surface area contributed by atoms with Crippen LogP contribution in [-0.4, -0.2) is 34.4 Å². The lowest BCUT2D eigenvalue weighted by atomic mass is 9.96. The fourth-order valence-electron chi connectivity index (χ4n) is 3.74. The second-order valence-electron chi connectivity index (χ2n) is 7.07. The van der Waals surface area contributed by atoms with E-state index in [2.05, 4.69) is 16.9 Å². The average molecular weight is 389 g/mol. The Morgan fingerprint density at radius 2 is 1.89 bits per heavy atom. The lowest BCUT2D eigenvalue weighted by Gasteiger charge is -2.26. The van der Waals surface area contributed by atoms with E-state index in [-0.39, 0.29) is 12.6 Å². The Kier molecular flexibility index (Phi) is 4.30. The highest BCUT2D eigenvalue weighted by molar-refractivity contribution is 7.18. The fourth-order valence-corrected chi connectivity index (χ4v) is 4.62. The Morgan fingerprint density at radius 3 is 2.75 bits per heavy atom. The first-order valence-corrected chi connectivity index (χ1v) is 10.1. The molecular formula is C22H19N3O2S. The Balaban J connectivity index is 1.50. The van der Waals surface area contributed by atoms with Crippen molar-refractivity contribution >= 4 is 38.4 Å². The minimum Gasteiger partial charge on any atom is -0.455 e. The van der Waals surface area contributed by atoms with E-state index < -0.39 is 0 Å². The molecule has 0 atom stereocenters. The van der Waals surface area contributed by atoms with E-state index in [1.165, 1.54) is 0 Å². The average Bonchev–Trinajstić information content (AvgIpc) is 3.13. The summed E-state index contributed by atoms with van der Waals surface area (Å²) in [7, 11) is 2.06. The van der Waals surface area contributed by atoms with Crippen molar-refractivity contribution < 1.29 is 9.53 Å². The Hall–Kier alpha value is -2.83. The molecule has 140 valence electrons. The normalized spacial score (nSPS) is 14.3. The SMILES string of the molecule is CN1CCc2nc3ccccc3c(C(=O)OCc3nc4ccccc4s3)c2C1. The number of carbonyl (C=O) groups is 1. The molecule has 0 amide bonds. The van der Waals surface area contributed by atoms with Crippen LogP contribution in [0.5, 0.6) is 0 Å². The molecule has 3 heterocycles. The van der Waals surface area contributed by atoms with E-state index in [9.17, 15) is 4.79 Å². The van der Waals surface area contributed by atoms with E-state index in [1.807, 2.05) is 48.5 Å². The fraction of sp³-hybridized carbons (Fsp3) is 0.227. The summed E-state index contributed by atoms with van der Waals surface area (Å²) in [6, 6.07) is 15.7. The third kappa shape index (κ3) is 3.04. The number of para-hydroxylation sites is 2. The molecule has 0 N–H and O–H groups in total. The third-order valence-electron chi connectivity index (χ3n) is 5.11. The number of hydrogen-bond acceptors (Lipinski definition) is 6. The summed E-state index contributed by atoms with van der Waals surface area (Å²) < 4.78 is 6.81. The number of rotatable bonds is 3. The zero-order valence-electron chi connectivity index (χ0n) is 15.5.